The molecule has 0 fully saturated rings. The molecule has 0 atom stereocenters. The lowest BCUT2D eigenvalue weighted by atomic mass is 10.1. The minimum atomic E-state index is -0.250. The molecule has 1 N–H and O–H groups in total. The number of carbonyl (C=O) groups excluding carboxylic acids is 2. The predicted octanol–water partition coefficient (Wildman–Crippen LogP) is 3.79. The fraction of sp³-hybridized carbons (Fsp3) is 0.476. The van der Waals surface area contributed by atoms with E-state index in [1.54, 1.807) is 11.8 Å². The summed E-state index contributed by atoms with van der Waals surface area (Å²) in [5.41, 5.74) is 3.61. The third kappa shape index (κ3) is 6.14. The lowest BCUT2D eigenvalue weighted by Gasteiger charge is -2.23. The van der Waals surface area contributed by atoms with E-state index in [1.165, 1.54) is 11.3 Å². The fourth-order valence-electron chi connectivity index (χ4n) is 2.97. The number of hydrogen-bond donors (Lipinski definition) is 1. The van der Waals surface area contributed by atoms with Crippen molar-refractivity contribution < 1.29 is 9.59 Å². The molecule has 6 nitrogen and oxygen atoms in total. The summed E-state index contributed by atoms with van der Waals surface area (Å²) >= 11 is 1.43. The first-order valence-corrected chi connectivity index (χ1v) is 10.2. The number of amides is 2. The first-order valence-electron chi connectivity index (χ1n) is 9.28. The third-order valence-corrected chi connectivity index (χ3v) is 4.87. The summed E-state index contributed by atoms with van der Waals surface area (Å²) in [5.74, 6) is -0.100. The van der Waals surface area contributed by atoms with Crippen molar-refractivity contribution in [1.82, 2.24) is 15.2 Å². The Bertz CT molecular complexity index is 854. The molecular weight excluding hydrogens is 372 g/mol. The summed E-state index contributed by atoms with van der Waals surface area (Å²) in [5, 5.41) is 5.53. The van der Waals surface area contributed by atoms with Crippen LogP contribution in [-0.4, -0.2) is 40.8 Å². The largest absolute Gasteiger partial charge is 0.350 e. The van der Waals surface area contributed by atoms with Crippen LogP contribution in [0.2, 0.25) is 0 Å². The maximum Gasteiger partial charge on any atom is 0.234 e. The third-order valence-electron chi connectivity index (χ3n) is 4.00. The molecule has 1 heterocycles. The molecule has 0 aliphatic heterocycles. The molecule has 0 bridgehead atoms. The molecule has 7 heteroatoms. The summed E-state index contributed by atoms with van der Waals surface area (Å²) in [7, 11) is 1.88. The first-order chi connectivity index (χ1) is 13.0. The molecule has 2 amide bonds. The molecule has 0 aliphatic carbocycles. The summed E-state index contributed by atoms with van der Waals surface area (Å²) in [4.78, 5) is 32.6. The minimum absolute atomic E-state index is 0.0221. The highest BCUT2D eigenvalue weighted by Gasteiger charge is 2.21. The van der Waals surface area contributed by atoms with Crippen molar-refractivity contribution in [2.24, 2.45) is 0 Å². The number of rotatable bonds is 6. The standard InChI is InChI=1S/C21H30N4O2S/c1-14-8-9-18(15(2)10-14)25(16(3)26)20-22-17(13-28-20)11-24(7)12-19(27)23-21(4,5)6/h8-10,13H,11-12H2,1-7H3,(H,23,27). The van der Waals surface area contributed by atoms with Crippen LogP contribution in [0.4, 0.5) is 10.8 Å². The smallest absolute Gasteiger partial charge is 0.234 e. The molecule has 2 aromatic rings. The number of benzene rings is 1. The molecule has 1 aromatic heterocycles. The quantitative estimate of drug-likeness (QED) is 0.798. The van der Waals surface area contributed by atoms with Gasteiger partial charge in [0.1, 0.15) is 0 Å². The Balaban J connectivity index is 2.12. The summed E-state index contributed by atoms with van der Waals surface area (Å²) in [6, 6.07) is 6.01. The molecule has 0 saturated heterocycles. The topological polar surface area (TPSA) is 65.5 Å². The van der Waals surface area contributed by atoms with Crippen molar-refractivity contribution >= 4 is 34.0 Å². The summed E-state index contributed by atoms with van der Waals surface area (Å²) in [6.07, 6.45) is 0. The van der Waals surface area contributed by atoms with Crippen LogP contribution in [0.5, 0.6) is 0 Å². The second-order valence-electron chi connectivity index (χ2n) is 8.24. The first kappa shape index (κ1) is 22.0. The highest BCUT2D eigenvalue weighted by Crippen LogP contribution is 2.31. The molecule has 2 rings (SSSR count). The Hall–Kier alpha value is -2.25. The van der Waals surface area contributed by atoms with E-state index < -0.39 is 0 Å². The van der Waals surface area contributed by atoms with Crippen molar-refractivity contribution in [3.63, 3.8) is 0 Å². The highest BCUT2D eigenvalue weighted by atomic mass is 32.1. The maximum absolute atomic E-state index is 12.3. The van der Waals surface area contributed by atoms with Gasteiger partial charge in [0.05, 0.1) is 17.9 Å². The van der Waals surface area contributed by atoms with Gasteiger partial charge in [0.25, 0.3) is 0 Å². The van der Waals surface area contributed by atoms with E-state index in [1.807, 2.05) is 64.1 Å². The van der Waals surface area contributed by atoms with Gasteiger partial charge in [-0.3, -0.25) is 19.4 Å². The second kappa shape index (κ2) is 8.84. The lowest BCUT2D eigenvalue weighted by Crippen LogP contribution is -2.45. The number of anilines is 2. The van der Waals surface area contributed by atoms with E-state index in [4.69, 9.17) is 0 Å². The van der Waals surface area contributed by atoms with E-state index in [0.717, 1.165) is 22.5 Å². The predicted molar refractivity (Wildman–Crippen MR) is 115 cm³/mol. The van der Waals surface area contributed by atoms with Gasteiger partial charge in [-0.15, -0.1) is 11.3 Å². The highest BCUT2D eigenvalue weighted by molar-refractivity contribution is 7.14. The zero-order chi connectivity index (χ0) is 21.1. The van der Waals surface area contributed by atoms with Crippen LogP contribution >= 0.6 is 11.3 Å². The number of hydrogen-bond acceptors (Lipinski definition) is 5. The average molecular weight is 403 g/mol. The molecule has 0 spiro atoms. The van der Waals surface area contributed by atoms with Crippen LogP contribution in [0, 0.1) is 13.8 Å². The van der Waals surface area contributed by atoms with Gasteiger partial charge in [-0.05, 0) is 53.3 Å². The monoisotopic (exact) mass is 402 g/mol. The van der Waals surface area contributed by atoms with Gasteiger partial charge in [0, 0.05) is 24.4 Å². The molecule has 0 unspecified atom stereocenters. The lowest BCUT2D eigenvalue weighted by molar-refractivity contribution is -0.123. The van der Waals surface area contributed by atoms with E-state index in [9.17, 15) is 9.59 Å². The number of aromatic nitrogens is 1. The molecule has 0 saturated carbocycles. The summed E-state index contributed by atoms with van der Waals surface area (Å²) in [6.45, 7) is 12.3. The van der Waals surface area contributed by atoms with Gasteiger partial charge >= 0.3 is 0 Å². The molecule has 152 valence electrons. The molecule has 0 radical (unpaired) electrons. The average Bonchev–Trinajstić information content (AvgIpc) is 2.95. The van der Waals surface area contributed by atoms with Crippen molar-refractivity contribution in [3.8, 4) is 0 Å². The molecular formula is C21H30N4O2S. The van der Waals surface area contributed by atoms with Crippen LogP contribution in [-0.2, 0) is 16.1 Å². The van der Waals surface area contributed by atoms with Crippen LogP contribution in [0.15, 0.2) is 23.6 Å². The number of thiazole rings is 1. The Morgan fingerprint density at radius 2 is 1.89 bits per heavy atom. The second-order valence-corrected chi connectivity index (χ2v) is 9.07. The SMILES string of the molecule is CC(=O)N(c1nc(CN(C)CC(=O)NC(C)(C)C)cs1)c1ccc(C)cc1C. The van der Waals surface area contributed by atoms with Crippen LogP contribution in [0.25, 0.3) is 0 Å². The van der Waals surface area contributed by atoms with Gasteiger partial charge in [0.2, 0.25) is 11.8 Å². The zero-order valence-electron chi connectivity index (χ0n) is 17.8. The number of carbonyl (C=O) groups is 2. The Labute approximate surface area is 171 Å². The van der Waals surface area contributed by atoms with Crippen LogP contribution in [0.1, 0.15) is 44.5 Å². The van der Waals surface area contributed by atoms with Gasteiger partial charge in [0.15, 0.2) is 5.13 Å². The van der Waals surface area contributed by atoms with E-state index in [2.05, 4.69) is 16.4 Å². The molecule has 0 aliphatic rings. The molecule has 1 aromatic carbocycles. The van der Waals surface area contributed by atoms with Crippen molar-refractivity contribution in [2.45, 2.75) is 53.6 Å². The van der Waals surface area contributed by atoms with Gasteiger partial charge < -0.3 is 5.32 Å². The van der Waals surface area contributed by atoms with Crippen molar-refractivity contribution in [1.29, 1.82) is 0 Å². The van der Waals surface area contributed by atoms with Crippen LogP contribution in [0.3, 0.4) is 0 Å². The number of likely N-dealkylation sites (N-methyl/N-ethyl adjacent to an activating group) is 1. The van der Waals surface area contributed by atoms with Crippen LogP contribution < -0.4 is 10.2 Å². The normalized spacial score (nSPS) is 11.6. The zero-order valence-corrected chi connectivity index (χ0v) is 18.6. The molecule has 28 heavy (non-hydrogen) atoms. The number of nitrogens with one attached hydrogen (secondary N) is 1. The van der Waals surface area contributed by atoms with Gasteiger partial charge in [-0.2, -0.15) is 0 Å². The van der Waals surface area contributed by atoms with E-state index in [-0.39, 0.29) is 23.9 Å². The van der Waals surface area contributed by atoms with Crippen molar-refractivity contribution in [3.05, 3.63) is 40.4 Å². The number of nitrogens with zero attached hydrogens (tertiary/aromatic N) is 3. The minimum Gasteiger partial charge on any atom is -0.350 e. The van der Waals surface area contributed by atoms with Gasteiger partial charge in [-0.1, -0.05) is 17.7 Å². The summed E-state index contributed by atoms with van der Waals surface area (Å²) < 4.78 is 0. The fourth-order valence-corrected chi connectivity index (χ4v) is 3.84. The number of aryl methyl sites for hydroxylation is 2. The van der Waals surface area contributed by atoms with Crippen molar-refractivity contribution in [2.75, 3.05) is 18.5 Å². The Morgan fingerprint density at radius 3 is 2.46 bits per heavy atom. The maximum atomic E-state index is 12.3. The van der Waals surface area contributed by atoms with E-state index in [0.29, 0.717) is 11.7 Å². The van der Waals surface area contributed by atoms with Gasteiger partial charge in [-0.25, -0.2) is 4.98 Å². The Morgan fingerprint density at radius 1 is 1.21 bits per heavy atom. The Kier molecular flexibility index (Phi) is 6.96. The van der Waals surface area contributed by atoms with E-state index >= 15 is 0 Å².